The largest absolute Gasteiger partial charge is 0.496 e. The van der Waals surface area contributed by atoms with Crippen molar-refractivity contribution < 1.29 is 4.74 Å². The minimum absolute atomic E-state index is 0.215. The molecule has 0 amide bonds. The van der Waals surface area contributed by atoms with Crippen LogP contribution in [-0.4, -0.2) is 42.1 Å². The number of benzene rings is 1. The number of hydrogen-bond donors (Lipinski definition) is 1. The van der Waals surface area contributed by atoms with E-state index >= 15 is 0 Å². The van der Waals surface area contributed by atoms with Gasteiger partial charge in [-0.1, -0.05) is 29.8 Å². The lowest BCUT2D eigenvalue weighted by Gasteiger charge is -2.31. The van der Waals surface area contributed by atoms with Crippen molar-refractivity contribution >= 4 is 27.7 Å². The van der Waals surface area contributed by atoms with Gasteiger partial charge in [-0.25, -0.2) is 0 Å². The maximum absolute atomic E-state index is 6.11. The van der Waals surface area contributed by atoms with Crippen molar-refractivity contribution in [3.05, 3.63) is 28.2 Å². The molecule has 5 heteroatoms. The van der Waals surface area contributed by atoms with Gasteiger partial charge in [0.15, 0.2) is 0 Å². The molecule has 21 heavy (non-hydrogen) atoms. The van der Waals surface area contributed by atoms with Crippen molar-refractivity contribution in [1.29, 1.82) is 0 Å². The molecule has 1 aromatic carbocycles. The lowest BCUT2D eigenvalue weighted by molar-refractivity contribution is 0.206. The average molecular weight is 373 g/mol. The molecule has 0 spiro atoms. The quantitative estimate of drug-likeness (QED) is 0.874. The van der Waals surface area contributed by atoms with E-state index in [9.17, 15) is 0 Å². The van der Waals surface area contributed by atoms with Crippen molar-refractivity contribution in [2.45, 2.75) is 31.1 Å². The highest BCUT2D eigenvalue weighted by molar-refractivity contribution is 9.10. The maximum Gasteiger partial charge on any atom is 0.123 e. The monoisotopic (exact) mass is 372 g/mol. The Bertz CT molecular complexity index is 481. The number of hydrogen-bond acceptors (Lipinski definition) is 4. The fourth-order valence-electron chi connectivity index (χ4n) is 2.79. The summed E-state index contributed by atoms with van der Waals surface area (Å²) < 4.78 is 6.96. The van der Waals surface area contributed by atoms with Gasteiger partial charge in [0.2, 0.25) is 0 Å². The Morgan fingerprint density at radius 3 is 2.86 bits per heavy atom. The van der Waals surface area contributed by atoms with E-state index < -0.39 is 0 Å². The highest BCUT2D eigenvalue weighted by Crippen LogP contribution is 2.36. The minimum Gasteiger partial charge on any atom is -0.496 e. The van der Waals surface area contributed by atoms with Crippen LogP contribution in [0.5, 0.6) is 5.75 Å². The fourth-order valence-corrected chi connectivity index (χ4v) is 4.28. The van der Waals surface area contributed by atoms with Crippen LogP contribution in [-0.2, 0) is 0 Å². The smallest absolute Gasteiger partial charge is 0.123 e. The van der Waals surface area contributed by atoms with Gasteiger partial charge in [-0.2, -0.15) is 11.8 Å². The molecule has 1 fully saturated rings. The molecule has 1 heterocycles. The minimum atomic E-state index is 0.215. The topological polar surface area (TPSA) is 38.5 Å². The predicted octanol–water partition coefficient (Wildman–Crippen LogP) is 3.68. The fraction of sp³-hybridized carbons (Fsp3) is 0.625. The molecule has 2 rings (SSSR count). The number of rotatable bonds is 4. The first-order valence-electron chi connectivity index (χ1n) is 7.38. The van der Waals surface area contributed by atoms with Crippen molar-refractivity contribution in [3.8, 4) is 5.75 Å². The van der Waals surface area contributed by atoms with Crippen molar-refractivity contribution in [1.82, 2.24) is 4.90 Å². The summed E-state index contributed by atoms with van der Waals surface area (Å²) in [5, 5.41) is 0. The highest BCUT2D eigenvalue weighted by atomic mass is 79.9. The zero-order valence-electron chi connectivity index (χ0n) is 13.1. The third-order valence-corrected chi connectivity index (χ3v) is 5.95. The van der Waals surface area contributed by atoms with Gasteiger partial charge >= 0.3 is 0 Å². The molecular weight excluding hydrogens is 348 g/mol. The highest BCUT2D eigenvalue weighted by Gasteiger charge is 2.28. The molecule has 1 saturated heterocycles. The lowest BCUT2D eigenvalue weighted by Crippen LogP contribution is -2.36. The Morgan fingerprint density at radius 2 is 2.19 bits per heavy atom. The number of thioether (sulfide) groups is 1. The van der Waals surface area contributed by atoms with Gasteiger partial charge in [0.25, 0.3) is 0 Å². The predicted molar refractivity (Wildman–Crippen MR) is 95.2 cm³/mol. The van der Waals surface area contributed by atoms with Crippen LogP contribution in [0.1, 0.15) is 31.9 Å². The van der Waals surface area contributed by atoms with Crippen molar-refractivity contribution in [2.24, 2.45) is 5.73 Å². The molecule has 118 valence electrons. The summed E-state index contributed by atoms with van der Waals surface area (Å²) in [6.07, 6.45) is 1.19. The van der Waals surface area contributed by atoms with Crippen molar-refractivity contribution in [3.63, 3.8) is 0 Å². The summed E-state index contributed by atoms with van der Waals surface area (Å²) in [6, 6.07) is 6.38. The molecule has 3 nitrogen and oxygen atoms in total. The molecule has 2 N–H and O–H groups in total. The SMILES string of the molecule is COc1ccc(Br)cc1C(CN)N1CCSC(C)(C)CC1. The number of halogens is 1. The summed E-state index contributed by atoms with van der Waals surface area (Å²) in [5.74, 6) is 2.07. The second kappa shape index (κ2) is 7.36. The molecule has 1 aromatic rings. The number of methoxy groups -OCH3 is 1. The van der Waals surface area contributed by atoms with Gasteiger partial charge in [0, 0.05) is 40.2 Å². The Hall–Kier alpha value is -0.230. The van der Waals surface area contributed by atoms with Crippen LogP contribution in [0, 0.1) is 0 Å². The normalized spacial score (nSPS) is 20.8. The summed E-state index contributed by atoms with van der Waals surface area (Å²) in [5.41, 5.74) is 7.29. The average Bonchev–Trinajstić information content (AvgIpc) is 2.62. The van der Waals surface area contributed by atoms with E-state index in [0.29, 0.717) is 11.3 Å². The van der Waals surface area contributed by atoms with E-state index in [1.807, 2.05) is 12.1 Å². The lowest BCUT2D eigenvalue weighted by atomic mass is 10.0. The van der Waals surface area contributed by atoms with Crippen LogP contribution in [0.2, 0.25) is 0 Å². The van der Waals surface area contributed by atoms with Gasteiger partial charge in [0.1, 0.15) is 5.75 Å². The molecule has 1 atom stereocenters. The third-order valence-electron chi connectivity index (χ3n) is 4.09. The molecule has 0 aliphatic carbocycles. The Labute approximate surface area is 140 Å². The van der Waals surface area contributed by atoms with Gasteiger partial charge < -0.3 is 10.5 Å². The molecule has 0 aromatic heterocycles. The summed E-state index contributed by atoms with van der Waals surface area (Å²) >= 11 is 5.62. The van der Waals surface area contributed by atoms with Crippen LogP contribution in [0.3, 0.4) is 0 Å². The van der Waals surface area contributed by atoms with Crippen LogP contribution < -0.4 is 10.5 Å². The van der Waals surface area contributed by atoms with E-state index in [1.165, 1.54) is 12.0 Å². The van der Waals surface area contributed by atoms with E-state index in [0.717, 1.165) is 29.1 Å². The van der Waals surface area contributed by atoms with Crippen LogP contribution in [0.25, 0.3) is 0 Å². The van der Waals surface area contributed by atoms with Crippen molar-refractivity contribution in [2.75, 3.05) is 32.5 Å². The van der Waals surface area contributed by atoms with Gasteiger partial charge in [-0.15, -0.1) is 0 Å². The first kappa shape index (κ1) is 17.1. The maximum atomic E-state index is 6.11. The van der Waals surface area contributed by atoms with Gasteiger partial charge in [-0.05, 0) is 24.6 Å². The number of nitrogens with two attached hydrogens (primary N) is 1. The summed E-state index contributed by atoms with van der Waals surface area (Å²) in [4.78, 5) is 2.51. The van der Waals surface area contributed by atoms with Crippen LogP contribution in [0.4, 0.5) is 0 Å². The molecule has 0 radical (unpaired) electrons. The molecule has 0 saturated carbocycles. The molecule has 1 aliphatic heterocycles. The summed E-state index contributed by atoms with van der Waals surface area (Å²) in [6.45, 7) is 7.43. The van der Waals surface area contributed by atoms with E-state index in [-0.39, 0.29) is 6.04 Å². The Balaban J connectivity index is 2.25. The molecular formula is C16H25BrN2OS. The zero-order chi connectivity index (χ0) is 15.5. The second-order valence-corrected chi connectivity index (χ2v) is 8.75. The zero-order valence-corrected chi connectivity index (χ0v) is 15.5. The number of ether oxygens (including phenoxy) is 1. The van der Waals surface area contributed by atoms with E-state index in [1.54, 1.807) is 7.11 Å². The first-order valence-corrected chi connectivity index (χ1v) is 9.16. The van der Waals surface area contributed by atoms with E-state index in [2.05, 4.69) is 52.5 Å². The Morgan fingerprint density at radius 1 is 1.43 bits per heavy atom. The summed E-state index contributed by atoms with van der Waals surface area (Å²) in [7, 11) is 1.72. The second-order valence-electron chi connectivity index (χ2n) is 6.03. The van der Waals surface area contributed by atoms with Crippen LogP contribution >= 0.6 is 27.7 Å². The first-order chi connectivity index (χ1) is 9.96. The third kappa shape index (κ3) is 4.38. The number of nitrogens with zero attached hydrogens (tertiary/aromatic N) is 1. The molecule has 1 aliphatic rings. The van der Waals surface area contributed by atoms with Gasteiger partial charge in [0.05, 0.1) is 13.2 Å². The molecule has 1 unspecified atom stereocenters. The molecule has 0 bridgehead atoms. The standard InChI is InChI=1S/C16H25BrN2OS/c1-16(2)6-7-19(8-9-21-16)14(11-18)13-10-12(17)4-5-15(13)20-3/h4-5,10,14H,6-9,11,18H2,1-3H3. The van der Waals surface area contributed by atoms with E-state index in [4.69, 9.17) is 10.5 Å². The van der Waals surface area contributed by atoms with Gasteiger partial charge in [-0.3, -0.25) is 4.90 Å². The Kier molecular flexibility index (Phi) is 6.00. The van der Waals surface area contributed by atoms with Crippen LogP contribution in [0.15, 0.2) is 22.7 Å².